The second kappa shape index (κ2) is 8.78. The quantitative estimate of drug-likeness (QED) is 0.687. The third kappa shape index (κ3) is 3.58. The lowest BCUT2D eigenvalue weighted by Gasteiger charge is -2.32. The van der Waals surface area contributed by atoms with E-state index in [1.807, 2.05) is 19.1 Å². The van der Waals surface area contributed by atoms with E-state index in [9.17, 15) is 5.26 Å². The zero-order valence-electron chi connectivity index (χ0n) is 18.8. The number of para-hydroxylation sites is 1. The number of fused-ring (bicyclic) bond motifs is 2. The molecule has 0 bridgehead atoms. The average molecular weight is 428 g/mol. The fourth-order valence-electron chi connectivity index (χ4n) is 5.01. The molecular formula is C26H29N5O. The molecule has 0 aliphatic carbocycles. The molecule has 2 aliphatic rings. The van der Waals surface area contributed by atoms with Gasteiger partial charge in [0.25, 0.3) is 0 Å². The Morgan fingerprint density at radius 2 is 1.94 bits per heavy atom. The Bertz CT molecular complexity index is 1190. The maximum Gasteiger partial charge on any atom is 0.145 e. The van der Waals surface area contributed by atoms with Gasteiger partial charge in [-0.25, -0.2) is 4.98 Å². The van der Waals surface area contributed by atoms with Gasteiger partial charge in [-0.2, -0.15) is 5.26 Å². The van der Waals surface area contributed by atoms with Gasteiger partial charge in [0, 0.05) is 50.2 Å². The van der Waals surface area contributed by atoms with Crippen molar-refractivity contribution in [3.63, 3.8) is 0 Å². The van der Waals surface area contributed by atoms with Gasteiger partial charge in [0.2, 0.25) is 0 Å². The number of nitriles is 1. The molecule has 32 heavy (non-hydrogen) atoms. The molecule has 0 atom stereocenters. The van der Waals surface area contributed by atoms with E-state index >= 15 is 0 Å². The molecule has 6 nitrogen and oxygen atoms in total. The molecule has 5 rings (SSSR count). The van der Waals surface area contributed by atoms with Gasteiger partial charge in [0.1, 0.15) is 22.9 Å². The molecule has 1 fully saturated rings. The van der Waals surface area contributed by atoms with Crippen LogP contribution in [0.15, 0.2) is 36.4 Å². The molecule has 2 aromatic carbocycles. The Hall–Kier alpha value is -3.14. The van der Waals surface area contributed by atoms with E-state index in [0.717, 1.165) is 79.3 Å². The van der Waals surface area contributed by atoms with E-state index in [1.54, 1.807) is 0 Å². The van der Waals surface area contributed by atoms with Crippen LogP contribution in [0.3, 0.4) is 0 Å². The van der Waals surface area contributed by atoms with E-state index in [-0.39, 0.29) is 0 Å². The van der Waals surface area contributed by atoms with Crippen molar-refractivity contribution in [1.29, 1.82) is 5.26 Å². The average Bonchev–Trinajstić information content (AvgIpc) is 2.83. The first-order valence-corrected chi connectivity index (χ1v) is 11.5. The summed E-state index contributed by atoms with van der Waals surface area (Å²) in [4.78, 5) is 9.79. The summed E-state index contributed by atoms with van der Waals surface area (Å²) in [5.41, 5.74) is 6.99. The Labute approximate surface area is 189 Å². The fourth-order valence-corrected chi connectivity index (χ4v) is 5.01. The zero-order chi connectivity index (χ0) is 22.1. The summed E-state index contributed by atoms with van der Waals surface area (Å²) in [5, 5.41) is 14.8. The van der Waals surface area contributed by atoms with Crippen molar-refractivity contribution in [3.05, 3.63) is 53.1 Å². The lowest BCUT2D eigenvalue weighted by molar-refractivity contribution is 0.313. The second-order valence-corrected chi connectivity index (χ2v) is 8.55. The van der Waals surface area contributed by atoms with Gasteiger partial charge in [-0.15, -0.1) is 0 Å². The van der Waals surface area contributed by atoms with Gasteiger partial charge in [0.05, 0.1) is 18.0 Å². The summed E-state index contributed by atoms with van der Waals surface area (Å²) < 4.78 is 5.97. The first kappa shape index (κ1) is 20.7. The number of aromatic nitrogens is 1. The number of nitrogens with zero attached hydrogens (tertiary/aromatic N) is 4. The number of pyridine rings is 1. The van der Waals surface area contributed by atoms with Gasteiger partial charge in [-0.05, 0) is 37.6 Å². The van der Waals surface area contributed by atoms with Crippen molar-refractivity contribution < 1.29 is 4.74 Å². The molecule has 2 aliphatic heterocycles. The van der Waals surface area contributed by atoms with Crippen molar-refractivity contribution in [1.82, 2.24) is 15.2 Å². The monoisotopic (exact) mass is 427 g/mol. The largest absolute Gasteiger partial charge is 0.492 e. The number of hydrogen-bond donors (Lipinski definition) is 1. The lowest BCUT2D eigenvalue weighted by Crippen LogP contribution is -2.44. The number of rotatable bonds is 4. The molecule has 1 saturated heterocycles. The maximum atomic E-state index is 10.4. The number of likely N-dealkylation sites (N-methyl/N-ethyl adjacent to an activating group) is 1. The highest BCUT2D eigenvalue weighted by Crippen LogP contribution is 2.41. The van der Waals surface area contributed by atoms with Gasteiger partial charge in [-0.1, -0.05) is 30.3 Å². The summed E-state index contributed by atoms with van der Waals surface area (Å²) in [7, 11) is 2.15. The predicted molar refractivity (Wildman–Crippen MR) is 128 cm³/mol. The molecule has 1 N–H and O–H groups in total. The summed E-state index contributed by atoms with van der Waals surface area (Å²) in [6.45, 7) is 8.04. The first-order chi connectivity index (χ1) is 15.7. The Balaban J connectivity index is 1.81. The highest BCUT2D eigenvalue weighted by atomic mass is 16.5. The van der Waals surface area contributed by atoms with Gasteiger partial charge >= 0.3 is 0 Å². The molecule has 0 spiro atoms. The van der Waals surface area contributed by atoms with Crippen LogP contribution in [0.5, 0.6) is 5.75 Å². The number of hydrogen-bond acceptors (Lipinski definition) is 6. The number of ether oxygens (including phenoxy) is 1. The molecule has 0 saturated carbocycles. The number of anilines is 1. The minimum absolute atomic E-state index is 0.576. The van der Waals surface area contributed by atoms with E-state index in [0.29, 0.717) is 12.2 Å². The molecule has 3 aromatic rings. The molecule has 6 heteroatoms. The number of piperazine rings is 1. The second-order valence-electron chi connectivity index (χ2n) is 8.55. The van der Waals surface area contributed by atoms with Crippen LogP contribution in [-0.2, 0) is 13.0 Å². The van der Waals surface area contributed by atoms with E-state index in [1.165, 1.54) is 11.1 Å². The minimum Gasteiger partial charge on any atom is -0.492 e. The van der Waals surface area contributed by atoms with Crippen molar-refractivity contribution in [2.45, 2.75) is 19.9 Å². The normalized spacial score (nSPS) is 16.6. The lowest BCUT2D eigenvalue weighted by atomic mass is 9.90. The van der Waals surface area contributed by atoms with Crippen LogP contribution in [0.25, 0.3) is 22.2 Å². The van der Waals surface area contributed by atoms with Crippen LogP contribution in [0.2, 0.25) is 0 Å². The number of benzene rings is 2. The smallest absolute Gasteiger partial charge is 0.145 e. The van der Waals surface area contributed by atoms with Crippen LogP contribution in [0, 0.1) is 11.3 Å². The van der Waals surface area contributed by atoms with E-state index < -0.39 is 0 Å². The van der Waals surface area contributed by atoms with Crippen molar-refractivity contribution in [2.24, 2.45) is 0 Å². The number of nitrogens with one attached hydrogen (secondary N) is 1. The third-order valence-corrected chi connectivity index (χ3v) is 6.51. The van der Waals surface area contributed by atoms with Gasteiger partial charge in [0.15, 0.2) is 0 Å². The summed E-state index contributed by atoms with van der Waals surface area (Å²) >= 11 is 0. The zero-order valence-corrected chi connectivity index (χ0v) is 18.8. The molecule has 3 heterocycles. The molecule has 0 amide bonds. The standard InChI is InChI=1S/C26H29N5O/c1-3-32-23-9-5-8-21-25(23)29-24(22(16-27)26(21)31-14-11-28-12-15-31)20-7-4-6-18-17-30(2)13-10-19(18)20/h4-9,28H,3,10-15,17H2,1-2H3. The summed E-state index contributed by atoms with van der Waals surface area (Å²) in [6, 6.07) is 15.0. The Morgan fingerprint density at radius 1 is 1.12 bits per heavy atom. The topological polar surface area (TPSA) is 64.4 Å². The van der Waals surface area contributed by atoms with Gasteiger partial charge in [-0.3, -0.25) is 0 Å². The van der Waals surface area contributed by atoms with Crippen molar-refractivity contribution >= 4 is 16.6 Å². The molecule has 0 radical (unpaired) electrons. The van der Waals surface area contributed by atoms with Gasteiger partial charge < -0.3 is 19.9 Å². The van der Waals surface area contributed by atoms with Crippen LogP contribution in [-0.4, -0.2) is 56.3 Å². The van der Waals surface area contributed by atoms with E-state index in [4.69, 9.17) is 9.72 Å². The Morgan fingerprint density at radius 3 is 2.72 bits per heavy atom. The summed E-state index contributed by atoms with van der Waals surface area (Å²) in [5.74, 6) is 0.775. The maximum absolute atomic E-state index is 10.4. The first-order valence-electron chi connectivity index (χ1n) is 11.5. The summed E-state index contributed by atoms with van der Waals surface area (Å²) in [6.07, 6.45) is 0.961. The highest BCUT2D eigenvalue weighted by molar-refractivity contribution is 6.01. The molecular weight excluding hydrogens is 398 g/mol. The highest BCUT2D eigenvalue weighted by Gasteiger charge is 2.26. The predicted octanol–water partition coefficient (Wildman–Crippen LogP) is 3.57. The minimum atomic E-state index is 0.576. The fraction of sp³-hybridized carbons (Fsp3) is 0.385. The van der Waals surface area contributed by atoms with E-state index in [2.05, 4.69) is 52.5 Å². The Kier molecular flexibility index (Phi) is 5.69. The van der Waals surface area contributed by atoms with Crippen LogP contribution in [0.1, 0.15) is 23.6 Å². The molecule has 0 unspecified atom stereocenters. The van der Waals surface area contributed by atoms with Crippen molar-refractivity contribution in [3.8, 4) is 23.1 Å². The van der Waals surface area contributed by atoms with Crippen LogP contribution in [0.4, 0.5) is 5.69 Å². The van der Waals surface area contributed by atoms with Crippen molar-refractivity contribution in [2.75, 3.05) is 51.3 Å². The SMILES string of the molecule is CCOc1cccc2c(N3CCNCC3)c(C#N)c(-c3cccc4c3CCN(C)C4)nc12. The van der Waals surface area contributed by atoms with Crippen LogP contribution >= 0.6 is 0 Å². The molecule has 1 aromatic heterocycles. The molecule has 164 valence electrons. The van der Waals surface area contributed by atoms with Crippen LogP contribution < -0.4 is 15.0 Å². The third-order valence-electron chi connectivity index (χ3n) is 6.51.